The van der Waals surface area contributed by atoms with Gasteiger partial charge in [0, 0.05) is 36.4 Å². The van der Waals surface area contributed by atoms with E-state index in [4.69, 9.17) is 5.73 Å². The van der Waals surface area contributed by atoms with E-state index in [2.05, 4.69) is 27.2 Å². The molecule has 4 rings (SSSR count). The molecule has 0 radical (unpaired) electrons. The van der Waals surface area contributed by atoms with Crippen LogP contribution in [0.1, 0.15) is 28.7 Å². The van der Waals surface area contributed by atoms with Gasteiger partial charge >= 0.3 is 0 Å². The highest BCUT2D eigenvalue weighted by Crippen LogP contribution is 2.26. The average molecular weight is 387 g/mol. The third-order valence-corrected chi connectivity index (χ3v) is 4.92. The second-order valence-corrected chi connectivity index (χ2v) is 6.94. The molecule has 0 spiro atoms. The molecule has 0 aliphatic carbocycles. The van der Waals surface area contributed by atoms with Crippen molar-refractivity contribution >= 4 is 24.1 Å². The minimum absolute atomic E-state index is 0. The first-order valence-corrected chi connectivity index (χ1v) is 8.79. The minimum Gasteiger partial charge on any atom is -0.340 e. The molecule has 1 fully saturated rings. The summed E-state index contributed by atoms with van der Waals surface area (Å²) in [6, 6.07) is 12.0. The zero-order valence-electron chi connectivity index (χ0n) is 15.4. The molecule has 0 unspecified atom stereocenters. The number of carbonyl (C=O) groups is 1. The molecule has 2 aromatic heterocycles. The number of hydrogen-bond donors (Lipinski definition) is 1. The second kappa shape index (κ2) is 7.62. The normalized spacial score (nSPS) is 19.3. The fourth-order valence-corrected chi connectivity index (χ4v) is 3.62. The Hall–Kier alpha value is -2.51. The van der Waals surface area contributed by atoms with Crippen molar-refractivity contribution in [2.75, 3.05) is 13.1 Å². The lowest BCUT2D eigenvalue weighted by molar-refractivity contribution is -0.129. The molecule has 7 nitrogen and oxygen atoms in total. The fraction of sp³-hybridized carbons (Fsp3) is 0.368. The lowest BCUT2D eigenvalue weighted by Gasteiger charge is -2.15. The number of hydrogen-bond acceptors (Lipinski definition) is 5. The molecule has 0 bridgehead atoms. The molecule has 1 amide bonds. The first kappa shape index (κ1) is 19.3. The Morgan fingerprint density at radius 2 is 1.93 bits per heavy atom. The summed E-state index contributed by atoms with van der Waals surface area (Å²) in [7, 11) is 0. The maximum Gasteiger partial charge on any atom is 0.252 e. The van der Waals surface area contributed by atoms with Crippen molar-refractivity contribution in [1.29, 1.82) is 0 Å². The number of nitrogens with two attached hydrogens (primary N) is 1. The number of amides is 1. The molecule has 8 heteroatoms. The van der Waals surface area contributed by atoms with E-state index in [1.54, 1.807) is 4.52 Å². The van der Waals surface area contributed by atoms with Gasteiger partial charge in [-0.2, -0.15) is 4.98 Å². The van der Waals surface area contributed by atoms with Crippen LogP contribution in [0, 0.1) is 13.8 Å². The zero-order valence-corrected chi connectivity index (χ0v) is 16.2. The SMILES string of the molecule is Cc1cc(C)n2nc(CC(=O)N3C[C@@H](N)[C@H](c4ccccc4)C3)nc2n1.Cl. The highest BCUT2D eigenvalue weighted by Gasteiger charge is 2.34. The molecule has 1 aromatic carbocycles. The van der Waals surface area contributed by atoms with Crippen LogP contribution in [0.25, 0.3) is 5.78 Å². The Kier molecular flexibility index (Phi) is 5.43. The number of rotatable bonds is 3. The molecular weight excluding hydrogens is 364 g/mol. The summed E-state index contributed by atoms with van der Waals surface area (Å²) in [5.74, 6) is 1.20. The number of halogens is 1. The van der Waals surface area contributed by atoms with Gasteiger partial charge < -0.3 is 10.6 Å². The Morgan fingerprint density at radius 3 is 2.67 bits per heavy atom. The lowest BCUT2D eigenvalue weighted by Crippen LogP contribution is -2.33. The molecule has 27 heavy (non-hydrogen) atoms. The van der Waals surface area contributed by atoms with Crippen LogP contribution >= 0.6 is 12.4 Å². The van der Waals surface area contributed by atoms with Crippen LogP contribution in [0.3, 0.4) is 0 Å². The van der Waals surface area contributed by atoms with E-state index < -0.39 is 0 Å². The van der Waals surface area contributed by atoms with Crippen LogP contribution in [0.15, 0.2) is 36.4 Å². The first-order chi connectivity index (χ1) is 12.5. The van der Waals surface area contributed by atoms with Crippen molar-refractivity contribution in [3.63, 3.8) is 0 Å². The molecule has 1 aliphatic heterocycles. The number of carbonyl (C=O) groups excluding carboxylic acids is 1. The summed E-state index contributed by atoms with van der Waals surface area (Å²) in [4.78, 5) is 23.3. The van der Waals surface area contributed by atoms with Gasteiger partial charge in [0.25, 0.3) is 5.78 Å². The van der Waals surface area contributed by atoms with Gasteiger partial charge in [-0.3, -0.25) is 4.79 Å². The predicted molar refractivity (Wildman–Crippen MR) is 105 cm³/mol. The number of aryl methyl sites for hydroxylation is 2. The minimum atomic E-state index is -0.0538. The Morgan fingerprint density at radius 1 is 1.19 bits per heavy atom. The van der Waals surface area contributed by atoms with Gasteiger partial charge in [-0.1, -0.05) is 30.3 Å². The van der Waals surface area contributed by atoms with Gasteiger partial charge in [-0.15, -0.1) is 17.5 Å². The van der Waals surface area contributed by atoms with Crippen LogP contribution < -0.4 is 5.73 Å². The standard InChI is InChI=1S/C19H22N6O.ClH/c1-12-8-13(2)25-19(21-12)22-17(23-25)9-18(26)24-10-15(16(20)11-24)14-6-4-3-5-7-14;/h3-8,15-16H,9-11,20H2,1-2H3;1H/t15-,16+;/m0./s1. The van der Waals surface area contributed by atoms with Crippen molar-refractivity contribution in [3.05, 3.63) is 59.2 Å². The molecule has 142 valence electrons. The molecule has 1 aliphatic rings. The van der Waals surface area contributed by atoms with Crippen molar-refractivity contribution < 1.29 is 4.79 Å². The molecule has 1 saturated heterocycles. The number of aromatic nitrogens is 4. The second-order valence-electron chi connectivity index (χ2n) is 6.94. The summed E-state index contributed by atoms with van der Waals surface area (Å²) in [6.07, 6.45) is 0.163. The highest BCUT2D eigenvalue weighted by atomic mass is 35.5. The van der Waals surface area contributed by atoms with E-state index in [-0.39, 0.29) is 36.7 Å². The molecule has 2 atom stereocenters. The zero-order chi connectivity index (χ0) is 18.3. The van der Waals surface area contributed by atoms with Crippen LogP contribution in [0.2, 0.25) is 0 Å². The molecule has 3 heterocycles. The summed E-state index contributed by atoms with van der Waals surface area (Å²) in [5.41, 5.74) is 9.30. The molecule has 0 saturated carbocycles. The maximum absolute atomic E-state index is 12.7. The molecule has 2 N–H and O–H groups in total. The summed E-state index contributed by atoms with van der Waals surface area (Å²) in [6.45, 7) is 5.06. The van der Waals surface area contributed by atoms with E-state index in [1.807, 2.05) is 43.0 Å². The van der Waals surface area contributed by atoms with Crippen molar-refractivity contribution in [2.24, 2.45) is 5.73 Å². The van der Waals surface area contributed by atoms with Gasteiger partial charge in [0.15, 0.2) is 5.82 Å². The van der Waals surface area contributed by atoms with E-state index in [1.165, 1.54) is 5.56 Å². The average Bonchev–Trinajstić information content (AvgIpc) is 3.19. The van der Waals surface area contributed by atoms with Crippen LogP contribution in [-0.2, 0) is 11.2 Å². The van der Waals surface area contributed by atoms with E-state index in [9.17, 15) is 4.79 Å². The predicted octanol–water partition coefficient (Wildman–Crippen LogP) is 1.66. The smallest absolute Gasteiger partial charge is 0.252 e. The van der Waals surface area contributed by atoms with Gasteiger partial charge in [-0.25, -0.2) is 9.50 Å². The summed E-state index contributed by atoms with van der Waals surface area (Å²) >= 11 is 0. The van der Waals surface area contributed by atoms with Gasteiger partial charge in [0.05, 0.1) is 6.42 Å². The summed E-state index contributed by atoms with van der Waals surface area (Å²) in [5, 5.41) is 4.43. The Labute approximate surface area is 164 Å². The van der Waals surface area contributed by atoms with Crippen molar-refractivity contribution in [1.82, 2.24) is 24.5 Å². The Bertz CT molecular complexity index is 957. The topological polar surface area (TPSA) is 89.4 Å². The lowest BCUT2D eigenvalue weighted by atomic mass is 9.95. The number of benzene rings is 1. The van der Waals surface area contributed by atoms with Gasteiger partial charge in [0.1, 0.15) is 0 Å². The van der Waals surface area contributed by atoms with Crippen LogP contribution in [0.4, 0.5) is 0 Å². The van der Waals surface area contributed by atoms with Gasteiger partial charge in [0.2, 0.25) is 5.91 Å². The van der Waals surface area contributed by atoms with Crippen LogP contribution in [0.5, 0.6) is 0 Å². The third kappa shape index (κ3) is 3.79. The van der Waals surface area contributed by atoms with Gasteiger partial charge in [-0.05, 0) is 25.5 Å². The highest BCUT2D eigenvalue weighted by molar-refractivity contribution is 5.85. The van der Waals surface area contributed by atoms with E-state index in [0.717, 1.165) is 11.4 Å². The Balaban J connectivity index is 0.00000210. The first-order valence-electron chi connectivity index (χ1n) is 8.79. The fourth-order valence-electron chi connectivity index (χ4n) is 3.62. The van der Waals surface area contributed by atoms with E-state index >= 15 is 0 Å². The summed E-state index contributed by atoms with van der Waals surface area (Å²) < 4.78 is 1.68. The van der Waals surface area contributed by atoms with Crippen molar-refractivity contribution in [2.45, 2.75) is 32.2 Å². The third-order valence-electron chi connectivity index (χ3n) is 4.92. The number of fused-ring (bicyclic) bond motifs is 1. The monoisotopic (exact) mass is 386 g/mol. The quantitative estimate of drug-likeness (QED) is 0.739. The molecule has 3 aromatic rings. The number of likely N-dealkylation sites (tertiary alicyclic amines) is 1. The maximum atomic E-state index is 12.7. The van der Waals surface area contributed by atoms with Crippen LogP contribution in [-0.4, -0.2) is 49.5 Å². The molecular formula is C19H23ClN6O. The number of nitrogens with zero attached hydrogens (tertiary/aromatic N) is 5. The largest absolute Gasteiger partial charge is 0.340 e. The van der Waals surface area contributed by atoms with Crippen molar-refractivity contribution in [3.8, 4) is 0 Å². The van der Waals surface area contributed by atoms with E-state index in [0.29, 0.717) is 24.7 Å².